The first kappa shape index (κ1) is 14.4. The van der Waals surface area contributed by atoms with E-state index in [-0.39, 0.29) is 11.9 Å². The van der Waals surface area contributed by atoms with Gasteiger partial charge in [0.05, 0.1) is 6.42 Å². The molecule has 1 aromatic carbocycles. The Labute approximate surface area is 119 Å². The highest BCUT2D eigenvalue weighted by Crippen LogP contribution is 2.35. The molecule has 3 nitrogen and oxygen atoms in total. The highest BCUT2D eigenvalue weighted by atomic mass is 35.5. The van der Waals surface area contributed by atoms with Gasteiger partial charge in [0.2, 0.25) is 5.91 Å². The van der Waals surface area contributed by atoms with Crippen LogP contribution in [-0.2, 0) is 11.2 Å². The molecule has 0 aromatic heterocycles. The molecule has 0 spiro atoms. The lowest BCUT2D eigenvalue weighted by molar-refractivity contribution is -0.115. The van der Waals surface area contributed by atoms with E-state index in [2.05, 4.69) is 37.5 Å². The summed E-state index contributed by atoms with van der Waals surface area (Å²) in [6.07, 6.45) is 1.55. The van der Waals surface area contributed by atoms with Gasteiger partial charge >= 0.3 is 0 Å². The van der Waals surface area contributed by atoms with Crippen molar-refractivity contribution in [2.45, 2.75) is 39.7 Å². The van der Waals surface area contributed by atoms with Gasteiger partial charge in [0.25, 0.3) is 0 Å². The van der Waals surface area contributed by atoms with E-state index in [1.54, 1.807) is 0 Å². The molecule has 1 atom stereocenters. The van der Waals surface area contributed by atoms with Crippen LogP contribution in [0.5, 0.6) is 0 Å². The minimum absolute atomic E-state index is 0.0471. The summed E-state index contributed by atoms with van der Waals surface area (Å²) in [5.74, 6) is 0.498. The normalized spacial score (nSPS) is 15.5. The van der Waals surface area contributed by atoms with E-state index in [4.69, 9.17) is 11.6 Å². The van der Waals surface area contributed by atoms with Crippen LogP contribution >= 0.6 is 11.6 Å². The van der Waals surface area contributed by atoms with E-state index < -0.39 is 0 Å². The fourth-order valence-electron chi connectivity index (χ4n) is 2.51. The molecule has 2 rings (SSSR count). The molecule has 1 aliphatic heterocycles. The van der Waals surface area contributed by atoms with Crippen LogP contribution in [0.1, 0.15) is 44.4 Å². The maximum Gasteiger partial charge on any atom is 0.228 e. The van der Waals surface area contributed by atoms with Crippen molar-refractivity contribution in [1.82, 2.24) is 5.32 Å². The van der Waals surface area contributed by atoms with Gasteiger partial charge in [-0.15, -0.1) is 0 Å². The number of carbonyl (C=O) groups is 1. The number of fused-ring (bicyclic) bond motifs is 1. The number of benzene rings is 1. The summed E-state index contributed by atoms with van der Waals surface area (Å²) in [6.45, 7) is 7.48. The number of nitrogens with one attached hydrogen (secondary N) is 2. The van der Waals surface area contributed by atoms with Gasteiger partial charge in [0.15, 0.2) is 0 Å². The molecule has 1 unspecified atom stereocenters. The SMILES string of the molecule is CCCNC(c1cc2c(cc1Cl)NC(=O)C2)C(C)C. The molecule has 0 fully saturated rings. The maximum atomic E-state index is 11.4. The highest BCUT2D eigenvalue weighted by molar-refractivity contribution is 6.32. The predicted octanol–water partition coefficient (Wildman–Crippen LogP) is 3.53. The second kappa shape index (κ2) is 5.93. The number of carbonyl (C=O) groups excluding carboxylic acids is 1. The minimum atomic E-state index is 0.0471. The van der Waals surface area contributed by atoms with Crippen molar-refractivity contribution in [3.05, 3.63) is 28.3 Å². The third-order valence-corrected chi connectivity index (χ3v) is 3.79. The van der Waals surface area contributed by atoms with Gasteiger partial charge in [0.1, 0.15) is 0 Å². The molecule has 1 heterocycles. The molecule has 0 bridgehead atoms. The molecule has 1 aromatic rings. The molecule has 104 valence electrons. The van der Waals surface area contributed by atoms with Crippen molar-refractivity contribution in [2.75, 3.05) is 11.9 Å². The van der Waals surface area contributed by atoms with Crippen LogP contribution in [0.25, 0.3) is 0 Å². The van der Waals surface area contributed by atoms with E-state index >= 15 is 0 Å². The lowest BCUT2D eigenvalue weighted by Crippen LogP contribution is -2.26. The van der Waals surface area contributed by atoms with Crippen LogP contribution in [-0.4, -0.2) is 12.5 Å². The number of rotatable bonds is 5. The summed E-state index contributed by atoms with van der Waals surface area (Å²) in [4.78, 5) is 11.4. The van der Waals surface area contributed by atoms with E-state index in [1.165, 1.54) is 0 Å². The van der Waals surface area contributed by atoms with E-state index in [0.717, 1.165) is 34.8 Å². The molecule has 0 saturated carbocycles. The van der Waals surface area contributed by atoms with Gasteiger partial charge in [0, 0.05) is 16.8 Å². The van der Waals surface area contributed by atoms with Gasteiger partial charge in [-0.05, 0) is 36.1 Å². The van der Waals surface area contributed by atoms with Crippen LogP contribution in [0, 0.1) is 5.92 Å². The van der Waals surface area contributed by atoms with Gasteiger partial charge in [-0.3, -0.25) is 4.79 Å². The maximum absolute atomic E-state index is 11.4. The number of halogens is 1. The second-order valence-corrected chi connectivity index (χ2v) is 5.84. The van der Waals surface area contributed by atoms with Crippen LogP contribution in [0.2, 0.25) is 5.02 Å². The Balaban J connectivity index is 2.32. The van der Waals surface area contributed by atoms with Crippen LogP contribution in [0.4, 0.5) is 5.69 Å². The van der Waals surface area contributed by atoms with Crippen molar-refractivity contribution in [3.63, 3.8) is 0 Å². The Hall–Kier alpha value is -1.06. The summed E-state index contributed by atoms with van der Waals surface area (Å²) in [5, 5.41) is 7.10. The third kappa shape index (κ3) is 3.10. The molecule has 2 N–H and O–H groups in total. The third-order valence-electron chi connectivity index (χ3n) is 3.46. The number of hydrogen-bond acceptors (Lipinski definition) is 2. The standard InChI is InChI=1S/C15H21ClN2O/c1-4-5-17-15(9(2)3)11-6-10-7-14(19)18-13(10)8-12(11)16/h6,8-9,15,17H,4-5,7H2,1-3H3,(H,18,19). The summed E-state index contributed by atoms with van der Waals surface area (Å²) in [5.41, 5.74) is 3.01. The molecule has 0 saturated heterocycles. The van der Waals surface area contributed by atoms with Crippen molar-refractivity contribution < 1.29 is 4.79 Å². The Morgan fingerprint density at radius 2 is 2.16 bits per heavy atom. The zero-order valence-corrected chi connectivity index (χ0v) is 12.5. The lowest BCUT2D eigenvalue weighted by atomic mass is 9.93. The first-order valence-electron chi connectivity index (χ1n) is 6.88. The zero-order valence-electron chi connectivity index (χ0n) is 11.7. The summed E-state index contributed by atoms with van der Waals surface area (Å²) >= 11 is 6.38. The number of hydrogen-bond donors (Lipinski definition) is 2. The fourth-order valence-corrected chi connectivity index (χ4v) is 2.79. The van der Waals surface area contributed by atoms with Crippen LogP contribution in [0.3, 0.4) is 0 Å². The van der Waals surface area contributed by atoms with E-state index in [1.807, 2.05) is 6.07 Å². The molecular formula is C15H21ClN2O. The Morgan fingerprint density at radius 3 is 2.79 bits per heavy atom. The predicted molar refractivity (Wildman–Crippen MR) is 79.7 cm³/mol. The topological polar surface area (TPSA) is 41.1 Å². The Kier molecular flexibility index (Phi) is 4.48. The van der Waals surface area contributed by atoms with E-state index in [9.17, 15) is 4.79 Å². The first-order chi connectivity index (χ1) is 9.02. The minimum Gasteiger partial charge on any atom is -0.325 e. The van der Waals surface area contributed by atoms with Gasteiger partial charge < -0.3 is 10.6 Å². The average Bonchev–Trinajstić information content (AvgIpc) is 2.68. The van der Waals surface area contributed by atoms with E-state index in [0.29, 0.717) is 12.3 Å². The van der Waals surface area contributed by atoms with Gasteiger partial charge in [-0.1, -0.05) is 38.4 Å². The van der Waals surface area contributed by atoms with Crippen molar-refractivity contribution in [1.29, 1.82) is 0 Å². The van der Waals surface area contributed by atoms with Crippen molar-refractivity contribution in [3.8, 4) is 0 Å². The molecule has 0 radical (unpaired) electrons. The van der Waals surface area contributed by atoms with Gasteiger partial charge in [-0.25, -0.2) is 0 Å². The monoisotopic (exact) mass is 280 g/mol. The molecule has 0 aliphatic carbocycles. The van der Waals surface area contributed by atoms with Crippen LogP contribution in [0.15, 0.2) is 12.1 Å². The molecule has 1 amide bonds. The fraction of sp³-hybridized carbons (Fsp3) is 0.533. The molecule has 19 heavy (non-hydrogen) atoms. The molecular weight excluding hydrogens is 260 g/mol. The first-order valence-corrected chi connectivity index (χ1v) is 7.26. The van der Waals surface area contributed by atoms with Crippen molar-refractivity contribution in [2.24, 2.45) is 5.92 Å². The summed E-state index contributed by atoms with van der Waals surface area (Å²) < 4.78 is 0. The molecule has 4 heteroatoms. The average molecular weight is 281 g/mol. The largest absolute Gasteiger partial charge is 0.325 e. The molecule has 1 aliphatic rings. The van der Waals surface area contributed by atoms with Crippen molar-refractivity contribution >= 4 is 23.2 Å². The zero-order chi connectivity index (χ0) is 14.0. The lowest BCUT2D eigenvalue weighted by Gasteiger charge is -2.24. The number of amides is 1. The Morgan fingerprint density at radius 1 is 1.42 bits per heavy atom. The number of anilines is 1. The quantitative estimate of drug-likeness (QED) is 0.866. The smallest absolute Gasteiger partial charge is 0.228 e. The second-order valence-electron chi connectivity index (χ2n) is 5.43. The highest BCUT2D eigenvalue weighted by Gasteiger charge is 2.24. The van der Waals surface area contributed by atoms with Gasteiger partial charge in [-0.2, -0.15) is 0 Å². The van der Waals surface area contributed by atoms with Crippen LogP contribution < -0.4 is 10.6 Å². The Bertz CT molecular complexity index is 485. The summed E-state index contributed by atoms with van der Waals surface area (Å²) in [7, 11) is 0. The summed E-state index contributed by atoms with van der Waals surface area (Å²) in [6, 6.07) is 4.18.